The van der Waals surface area contributed by atoms with Crippen LogP contribution in [0.2, 0.25) is 0 Å². The van der Waals surface area contributed by atoms with E-state index in [4.69, 9.17) is 5.73 Å². The van der Waals surface area contributed by atoms with Crippen LogP contribution in [-0.2, 0) is 15.5 Å². The second-order valence-corrected chi connectivity index (χ2v) is 5.80. The van der Waals surface area contributed by atoms with E-state index >= 15 is 0 Å². The summed E-state index contributed by atoms with van der Waals surface area (Å²) < 4.78 is 15.9. The van der Waals surface area contributed by atoms with Crippen LogP contribution in [-0.4, -0.2) is 41.9 Å². The number of ether oxygens (including phenoxy) is 1. The smallest absolute Gasteiger partial charge is 0.337 e. The fourth-order valence-electron chi connectivity index (χ4n) is 1.97. The molecule has 0 saturated carbocycles. The van der Waals surface area contributed by atoms with E-state index in [9.17, 15) is 9.00 Å². The number of nitrogen functional groups attached to an aromatic ring is 1. The van der Waals surface area contributed by atoms with Gasteiger partial charge in [-0.1, -0.05) is 0 Å². The highest BCUT2D eigenvalue weighted by Gasteiger charge is 2.18. The van der Waals surface area contributed by atoms with Crippen molar-refractivity contribution in [1.29, 1.82) is 0 Å². The Morgan fingerprint density at radius 1 is 1.39 bits per heavy atom. The molecule has 1 fully saturated rings. The van der Waals surface area contributed by atoms with Crippen LogP contribution in [0.1, 0.15) is 10.4 Å². The summed E-state index contributed by atoms with van der Waals surface area (Å²) in [5.74, 6) is 0.934. The fraction of sp³-hybridized carbons (Fsp3) is 0.417. The standard InChI is InChI=1S/C12H16N2O3S/c1-17-12(15)9-2-3-11(10(13)8-9)14-4-6-18(16)7-5-14/h2-3,8H,4-7,13H2,1H3. The van der Waals surface area contributed by atoms with Gasteiger partial charge in [0.1, 0.15) is 0 Å². The Morgan fingerprint density at radius 3 is 2.61 bits per heavy atom. The summed E-state index contributed by atoms with van der Waals surface area (Å²) in [6.45, 7) is 1.46. The van der Waals surface area contributed by atoms with Crippen molar-refractivity contribution < 1.29 is 13.7 Å². The lowest BCUT2D eigenvalue weighted by molar-refractivity contribution is 0.0601. The number of anilines is 2. The van der Waals surface area contributed by atoms with Gasteiger partial charge < -0.3 is 15.4 Å². The molecule has 1 aromatic rings. The second-order valence-electron chi connectivity index (χ2n) is 4.10. The minimum Gasteiger partial charge on any atom is -0.465 e. The lowest BCUT2D eigenvalue weighted by atomic mass is 10.1. The summed E-state index contributed by atoms with van der Waals surface area (Å²) >= 11 is 0. The van der Waals surface area contributed by atoms with Crippen molar-refractivity contribution >= 4 is 28.1 Å². The van der Waals surface area contributed by atoms with Crippen LogP contribution in [0.5, 0.6) is 0 Å². The van der Waals surface area contributed by atoms with Gasteiger partial charge in [-0.25, -0.2) is 4.79 Å². The zero-order valence-corrected chi connectivity index (χ0v) is 11.0. The van der Waals surface area contributed by atoms with E-state index < -0.39 is 16.8 Å². The molecule has 0 atom stereocenters. The molecule has 1 aliphatic heterocycles. The molecule has 1 saturated heterocycles. The van der Waals surface area contributed by atoms with Gasteiger partial charge in [0.25, 0.3) is 0 Å². The van der Waals surface area contributed by atoms with Crippen LogP contribution in [0.25, 0.3) is 0 Å². The number of carbonyl (C=O) groups excluding carboxylic acids is 1. The number of methoxy groups -OCH3 is 1. The Labute approximate surface area is 108 Å². The predicted molar refractivity (Wildman–Crippen MR) is 72.3 cm³/mol. The molecular formula is C12H16N2O3S. The molecule has 2 rings (SSSR count). The molecule has 98 valence electrons. The summed E-state index contributed by atoms with van der Waals surface area (Å²) in [6.07, 6.45) is 0. The maximum atomic E-state index is 11.4. The van der Waals surface area contributed by atoms with Crippen molar-refractivity contribution in [3.63, 3.8) is 0 Å². The van der Waals surface area contributed by atoms with Crippen molar-refractivity contribution in [3.05, 3.63) is 23.8 Å². The molecule has 18 heavy (non-hydrogen) atoms. The molecule has 2 N–H and O–H groups in total. The van der Waals surface area contributed by atoms with Crippen LogP contribution in [0.4, 0.5) is 11.4 Å². The third kappa shape index (κ3) is 2.64. The Kier molecular flexibility index (Phi) is 3.86. The number of hydrogen-bond acceptors (Lipinski definition) is 5. The van der Waals surface area contributed by atoms with Gasteiger partial charge in [-0.2, -0.15) is 0 Å². The van der Waals surface area contributed by atoms with Gasteiger partial charge >= 0.3 is 5.97 Å². The van der Waals surface area contributed by atoms with Gasteiger partial charge in [0, 0.05) is 35.4 Å². The number of esters is 1. The summed E-state index contributed by atoms with van der Waals surface area (Å²) in [4.78, 5) is 13.5. The molecule has 0 spiro atoms. The van der Waals surface area contributed by atoms with Crippen LogP contribution in [0, 0.1) is 0 Å². The number of rotatable bonds is 2. The van der Waals surface area contributed by atoms with Crippen molar-refractivity contribution in [2.45, 2.75) is 0 Å². The van der Waals surface area contributed by atoms with Gasteiger partial charge in [-0.3, -0.25) is 4.21 Å². The minimum atomic E-state index is -0.711. The molecule has 0 aliphatic carbocycles. The van der Waals surface area contributed by atoms with Gasteiger partial charge in [0.2, 0.25) is 0 Å². The number of carbonyl (C=O) groups is 1. The van der Waals surface area contributed by atoms with Crippen LogP contribution in [0.15, 0.2) is 18.2 Å². The number of nitrogens with two attached hydrogens (primary N) is 1. The number of benzene rings is 1. The molecule has 6 heteroatoms. The third-order valence-electron chi connectivity index (χ3n) is 2.97. The molecular weight excluding hydrogens is 252 g/mol. The molecule has 5 nitrogen and oxygen atoms in total. The van der Waals surface area contributed by atoms with Crippen LogP contribution < -0.4 is 10.6 Å². The summed E-state index contributed by atoms with van der Waals surface area (Å²) in [7, 11) is 0.629. The lowest BCUT2D eigenvalue weighted by Crippen LogP contribution is -2.38. The van der Waals surface area contributed by atoms with Crippen LogP contribution in [0.3, 0.4) is 0 Å². The van der Waals surface area contributed by atoms with E-state index in [1.165, 1.54) is 7.11 Å². The second kappa shape index (κ2) is 5.39. The first-order valence-corrected chi connectivity index (χ1v) is 7.18. The molecule has 1 aromatic carbocycles. The normalized spacial score (nSPS) is 16.6. The highest BCUT2D eigenvalue weighted by Crippen LogP contribution is 2.25. The molecule has 1 heterocycles. The van der Waals surface area contributed by atoms with Gasteiger partial charge in [-0.15, -0.1) is 0 Å². The van der Waals surface area contributed by atoms with Crippen molar-refractivity contribution in [1.82, 2.24) is 0 Å². The van der Waals surface area contributed by atoms with Crippen molar-refractivity contribution in [3.8, 4) is 0 Å². The first kappa shape index (κ1) is 12.9. The Hall–Kier alpha value is -1.56. The van der Waals surface area contributed by atoms with E-state index in [1.54, 1.807) is 12.1 Å². The molecule has 1 aliphatic rings. The van der Waals surface area contributed by atoms with Gasteiger partial charge in [0.15, 0.2) is 0 Å². The van der Waals surface area contributed by atoms with Crippen molar-refractivity contribution in [2.24, 2.45) is 0 Å². The Morgan fingerprint density at radius 2 is 2.06 bits per heavy atom. The molecule has 0 bridgehead atoms. The highest BCUT2D eigenvalue weighted by molar-refractivity contribution is 7.85. The van der Waals surface area contributed by atoms with Gasteiger partial charge in [-0.05, 0) is 18.2 Å². The maximum Gasteiger partial charge on any atom is 0.337 e. The topological polar surface area (TPSA) is 72.6 Å². The van der Waals surface area contributed by atoms with Crippen LogP contribution >= 0.6 is 0 Å². The maximum absolute atomic E-state index is 11.4. The number of hydrogen-bond donors (Lipinski definition) is 1. The van der Waals surface area contributed by atoms with E-state index in [1.807, 2.05) is 6.07 Å². The highest BCUT2D eigenvalue weighted by atomic mass is 32.2. The summed E-state index contributed by atoms with van der Waals surface area (Å²) in [5.41, 5.74) is 7.83. The third-order valence-corrected chi connectivity index (χ3v) is 4.24. The predicted octanol–water partition coefficient (Wildman–Crippen LogP) is 0.624. The first-order chi connectivity index (χ1) is 8.61. The van der Waals surface area contributed by atoms with E-state index in [2.05, 4.69) is 9.64 Å². The van der Waals surface area contributed by atoms with E-state index in [-0.39, 0.29) is 0 Å². The average Bonchev–Trinajstić information content (AvgIpc) is 2.39. The van der Waals surface area contributed by atoms with E-state index in [0.717, 1.165) is 18.8 Å². The largest absolute Gasteiger partial charge is 0.465 e. The lowest BCUT2D eigenvalue weighted by Gasteiger charge is -2.29. The fourth-order valence-corrected chi connectivity index (χ4v) is 3.02. The monoisotopic (exact) mass is 268 g/mol. The molecule has 0 radical (unpaired) electrons. The minimum absolute atomic E-state index is 0.395. The SMILES string of the molecule is COC(=O)c1ccc(N2CCS(=O)CC2)c(N)c1. The summed E-state index contributed by atoms with van der Waals surface area (Å²) in [6, 6.07) is 5.13. The average molecular weight is 268 g/mol. The quantitative estimate of drug-likeness (QED) is 0.629. The summed E-state index contributed by atoms with van der Waals surface area (Å²) in [5, 5.41) is 0. The zero-order chi connectivity index (χ0) is 13.1. The molecule has 0 aromatic heterocycles. The zero-order valence-electron chi connectivity index (χ0n) is 10.2. The molecule has 0 amide bonds. The Bertz CT molecular complexity index is 480. The molecule has 0 unspecified atom stereocenters. The first-order valence-electron chi connectivity index (χ1n) is 5.69. The van der Waals surface area contributed by atoms with Gasteiger partial charge in [0.05, 0.1) is 24.0 Å². The van der Waals surface area contributed by atoms with Crippen molar-refractivity contribution in [2.75, 3.05) is 42.3 Å². The Balaban J connectivity index is 2.19. The van der Waals surface area contributed by atoms with E-state index in [0.29, 0.717) is 22.8 Å². The number of nitrogens with zero attached hydrogens (tertiary/aromatic N) is 1.